The number of anilines is 2. The minimum absolute atomic E-state index is 0.108. The van der Waals surface area contributed by atoms with Gasteiger partial charge in [0.2, 0.25) is 5.91 Å². The predicted molar refractivity (Wildman–Crippen MR) is 92.0 cm³/mol. The molecule has 0 saturated carbocycles. The predicted octanol–water partition coefficient (Wildman–Crippen LogP) is 1.30. The van der Waals surface area contributed by atoms with E-state index >= 15 is 0 Å². The molecule has 7 heteroatoms. The van der Waals surface area contributed by atoms with Crippen molar-refractivity contribution in [1.82, 2.24) is 5.32 Å². The van der Waals surface area contributed by atoms with Crippen LogP contribution in [0.1, 0.15) is 19.3 Å². The Kier molecular flexibility index (Phi) is 5.32. The third-order valence-electron chi connectivity index (χ3n) is 4.58. The Morgan fingerprint density at radius 2 is 2.17 bits per heavy atom. The molecular formula is C17H24N4O3. The summed E-state index contributed by atoms with van der Waals surface area (Å²) in [6, 6.07) is 6.64. The Bertz CT molecular complexity index is 601. The van der Waals surface area contributed by atoms with Crippen LogP contribution in [0.5, 0.6) is 0 Å². The summed E-state index contributed by atoms with van der Waals surface area (Å²) in [5.41, 5.74) is 7.52. The van der Waals surface area contributed by atoms with Crippen molar-refractivity contribution < 1.29 is 14.3 Å². The van der Waals surface area contributed by atoms with E-state index in [4.69, 9.17) is 10.5 Å². The largest absolute Gasteiger partial charge is 0.381 e. The number of ether oxygens (including phenoxy) is 1. The van der Waals surface area contributed by atoms with Gasteiger partial charge in [0.15, 0.2) is 0 Å². The second-order valence-corrected chi connectivity index (χ2v) is 6.25. The monoisotopic (exact) mass is 332 g/mol. The molecule has 0 spiro atoms. The molecule has 7 nitrogen and oxygen atoms in total. The molecule has 2 aliphatic rings. The van der Waals surface area contributed by atoms with E-state index in [1.54, 1.807) is 17.0 Å². The maximum atomic E-state index is 12.4. The number of carbonyl (C=O) groups is 2. The first-order valence-electron chi connectivity index (χ1n) is 8.45. The highest BCUT2D eigenvalue weighted by molar-refractivity contribution is 5.97. The lowest BCUT2D eigenvalue weighted by Crippen LogP contribution is -2.46. The van der Waals surface area contributed by atoms with Gasteiger partial charge in [-0.15, -0.1) is 0 Å². The number of carbonyl (C=O) groups excluding carboxylic acids is 2. The molecule has 1 unspecified atom stereocenters. The first-order valence-corrected chi connectivity index (χ1v) is 8.45. The van der Waals surface area contributed by atoms with Crippen LogP contribution in [0.25, 0.3) is 0 Å². The number of nitrogens with one attached hydrogen (secondary N) is 2. The van der Waals surface area contributed by atoms with Gasteiger partial charge in [0.25, 0.3) is 0 Å². The van der Waals surface area contributed by atoms with Gasteiger partial charge in [0.1, 0.15) is 0 Å². The fraction of sp³-hybridized carbons (Fsp3) is 0.529. The summed E-state index contributed by atoms with van der Waals surface area (Å²) < 4.78 is 5.31. The lowest BCUT2D eigenvalue weighted by Gasteiger charge is -2.28. The van der Waals surface area contributed by atoms with E-state index in [0.29, 0.717) is 32.0 Å². The SMILES string of the molecule is NC(C(=O)Nc1cccc(N2CCCNC2=O)c1)C1CCOCC1. The van der Waals surface area contributed by atoms with Crippen molar-refractivity contribution in [3.8, 4) is 0 Å². The Morgan fingerprint density at radius 3 is 2.92 bits per heavy atom. The number of rotatable bonds is 4. The van der Waals surface area contributed by atoms with Crippen LogP contribution in [0.3, 0.4) is 0 Å². The maximum absolute atomic E-state index is 12.4. The van der Waals surface area contributed by atoms with Crippen molar-refractivity contribution in [2.24, 2.45) is 11.7 Å². The first-order chi connectivity index (χ1) is 11.6. The standard InChI is InChI=1S/C17H24N4O3/c18-15(12-5-9-24-10-6-12)16(22)20-13-3-1-4-14(11-13)21-8-2-7-19-17(21)23/h1,3-4,11-12,15H,2,5-10,18H2,(H,19,23)(H,20,22). The van der Waals surface area contributed by atoms with Crippen molar-refractivity contribution >= 4 is 23.3 Å². The van der Waals surface area contributed by atoms with Crippen molar-refractivity contribution in [3.05, 3.63) is 24.3 Å². The highest BCUT2D eigenvalue weighted by Gasteiger charge is 2.27. The van der Waals surface area contributed by atoms with Crippen LogP contribution in [-0.2, 0) is 9.53 Å². The summed E-state index contributed by atoms with van der Waals surface area (Å²) in [7, 11) is 0. The van der Waals surface area contributed by atoms with E-state index in [2.05, 4.69) is 10.6 Å². The molecule has 130 valence electrons. The van der Waals surface area contributed by atoms with E-state index in [1.165, 1.54) is 0 Å². The van der Waals surface area contributed by atoms with Gasteiger partial charge >= 0.3 is 6.03 Å². The highest BCUT2D eigenvalue weighted by Crippen LogP contribution is 2.23. The van der Waals surface area contributed by atoms with Crippen LogP contribution in [-0.4, -0.2) is 44.3 Å². The lowest BCUT2D eigenvalue weighted by atomic mass is 9.92. The molecule has 1 aromatic rings. The Balaban J connectivity index is 1.65. The van der Waals surface area contributed by atoms with Crippen molar-refractivity contribution in [2.75, 3.05) is 36.5 Å². The molecule has 0 aliphatic carbocycles. The molecule has 0 bridgehead atoms. The van der Waals surface area contributed by atoms with Gasteiger partial charge in [-0.25, -0.2) is 4.79 Å². The summed E-state index contributed by atoms with van der Waals surface area (Å²) in [4.78, 5) is 26.0. The summed E-state index contributed by atoms with van der Waals surface area (Å²) in [5, 5.41) is 5.69. The Labute approximate surface area is 141 Å². The summed E-state index contributed by atoms with van der Waals surface area (Å²) in [5.74, 6) is -0.0445. The third kappa shape index (κ3) is 3.85. The molecule has 1 aromatic carbocycles. The van der Waals surface area contributed by atoms with Crippen LogP contribution in [0, 0.1) is 5.92 Å². The van der Waals surface area contributed by atoms with Crippen LogP contribution < -0.4 is 21.3 Å². The number of nitrogens with two attached hydrogens (primary N) is 1. The number of nitrogens with zero attached hydrogens (tertiary/aromatic N) is 1. The van der Waals surface area contributed by atoms with Crippen LogP contribution in [0.2, 0.25) is 0 Å². The zero-order valence-corrected chi connectivity index (χ0v) is 13.7. The Morgan fingerprint density at radius 1 is 1.38 bits per heavy atom. The fourth-order valence-electron chi connectivity index (χ4n) is 3.14. The minimum atomic E-state index is -0.546. The molecule has 0 radical (unpaired) electrons. The molecule has 2 heterocycles. The fourth-order valence-corrected chi connectivity index (χ4v) is 3.14. The molecular weight excluding hydrogens is 308 g/mol. The number of hydrogen-bond acceptors (Lipinski definition) is 4. The topological polar surface area (TPSA) is 96.7 Å². The van der Waals surface area contributed by atoms with Gasteiger partial charge in [-0.2, -0.15) is 0 Å². The van der Waals surface area contributed by atoms with Crippen LogP contribution in [0.4, 0.5) is 16.2 Å². The minimum Gasteiger partial charge on any atom is -0.381 e. The van der Waals surface area contributed by atoms with Crippen LogP contribution in [0.15, 0.2) is 24.3 Å². The van der Waals surface area contributed by atoms with E-state index in [-0.39, 0.29) is 17.9 Å². The molecule has 24 heavy (non-hydrogen) atoms. The molecule has 3 rings (SSSR count). The number of amides is 3. The van der Waals surface area contributed by atoms with E-state index in [0.717, 1.165) is 24.9 Å². The molecule has 2 saturated heterocycles. The molecule has 4 N–H and O–H groups in total. The third-order valence-corrected chi connectivity index (χ3v) is 4.58. The molecule has 2 aliphatic heterocycles. The van der Waals surface area contributed by atoms with Gasteiger partial charge in [-0.3, -0.25) is 9.69 Å². The quantitative estimate of drug-likeness (QED) is 0.774. The molecule has 0 aromatic heterocycles. The second kappa shape index (κ2) is 7.63. The number of hydrogen-bond donors (Lipinski definition) is 3. The smallest absolute Gasteiger partial charge is 0.321 e. The van der Waals surface area contributed by atoms with Gasteiger partial charge in [0.05, 0.1) is 6.04 Å². The van der Waals surface area contributed by atoms with E-state index in [9.17, 15) is 9.59 Å². The molecule has 1 atom stereocenters. The maximum Gasteiger partial charge on any atom is 0.321 e. The number of urea groups is 1. The second-order valence-electron chi connectivity index (χ2n) is 6.25. The first kappa shape index (κ1) is 16.7. The highest BCUT2D eigenvalue weighted by atomic mass is 16.5. The van der Waals surface area contributed by atoms with Crippen molar-refractivity contribution in [2.45, 2.75) is 25.3 Å². The van der Waals surface area contributed by atoms with Gasteiger partial charge < -0.3 is 21.1 Å². The summed E-state index contributed by atoms with van der Waals surface area (Å²) >= 11 is 0. The summed E-state index contributed by atoms with van der Waals surface area (Å²) in [6.45, 7) is 2.69. The van der Waals surface area contributed by atoms with E-state index < -0.39 is 6.04 Å². The Hall–Kier alpha value is -2.12. The van der Waals surface area contributed by atoms with Crippen LogP contribution >= 0.6 is 0 Å². The number of benzene rings is 1. The molecule has 3 amide bonds. The van der Waals surface area contributed by atoms with E-state index in [1.807, 2.05) is 12.1 Å². The summed E-state index contributed by atoms with van der Waals surface area (Å²) in [6.07, 6.45) is 2.52. The average Bonchev–Trinajstić information content (AvgIpc) is 2.62. The van der Waals surface area contributed by atoms with Gasteiger partial charge in [-0.05, 0) is 43.4 Å². The lowest BCUT2D eigenvalue weighted by molar-refractivity contribution is -0.119. The van der Waals surface area contributed by atoms with Gasteiger partial charge in [0, 0.05) is 37.7 Å². The zero-order chi connectivity index (χ0) is 16.9. The average molecular weight is 332 g/mol. The molecule has 2 fully saturated rings. The van der Waals surface area contributed by atoms with Crippen molar-refractivity contribution in [3.63, 3.8) is 0 Å². The zero-order valence-electron chi connectivity index (χ0n) is 13.7. The normalized spacial score (nSPS) is 20.4. The van der Waals surface area contributed by atoms with Crippen molar-refractivity contribution in [1.29, 1.82) is 0 Å². The van der Waals surface area contributed by atoms with Gasteiger partial charge in [-0.1, -0.05) is 6.07 Å².